The quantitative estimate of drug-likeness (QED) is 0.774. The molecule has 1 aliphatic heterocycles. The van der Waals surface area contributed by atoms with E-state index < -0.39 is 0 Å². The summed E-state index contributed by atoms with van der Waals surface area (Å²) < 4.78 is 0. The normalized spacial score (nSPS) is 14.9. The minimum absolute atomic E-state index is 0.471. The molecule has 0 aliphatic carbocycles. The maximum Gasteiger partial charge on any atom is 0.129 e. The third-order valence-electron chi connectivity index (χ3n) is 3.61. The van der Waals surface area contributed by atoms with E-state index in [2.05, 4.69) is 40.2 Å². The minimum Gasteiger partial charge on any atom is -0.352 e. The van der Waals surface area contributed by atoms with E-state index in [0.29, 0.717) is 5.88 Å². The highest BCUT2D eigenvalue weighted by atomic mass is 35.5. The number of aromatic nitrogens is 1. The Kier molecular flexibility index (Phi) is 3.69. The van der Waals surface area contributed by atoms with E-state index in [1.165, 1.54) is 17.5 Å². The molecule has 0 atom stereocenters. The molecular formula is C16H17ClN2. The summed E-state index contributed by atoms with van der Waals surface area (Å²) in [6.07, 6.45) is 2.33. The van der Waals surface area contributed by atoms with E-state index in [-0.39, 0.29) is 0 Å². The molecule has 0 saturated carbocycles. The molecular weight excluding hydrogens is 256 g/mol. The van der Waals surface area contributed by atoms with Crippen molar-refractivity contribution in [2.24, 2.45) is 0 Å². The van der Waals surface area contributed by atoms with Gasteiger partial charge < -0.3 is 4.90 Å². The SMILES string of the molecule is ClCc1cccc(N2CCCc3ccccc3C2)n1. The summed E-state index contributed by atoms with van der Waals surface area (Å²) in [7, 11) is 0. The number of hydrogen-bond donors (Lipinski definition) is 0. The first-order chi connectivity index (χ1) is 9.36. The fourth-order valence-electron chi connectivity index (χ4n) is 2.61. The third kappa shape index (κ3) is 2.74. The number of hydrogen-bond acceptors (Lipinski definition) is 2. The summed E-state index contributed by atoms with van der Waals surface area (Å²) >= 11 is 5.87. The van der Waals surface area contributed by atoms with Gasteiger partial charge in [0.1, 0.15) is 5.82 Å². The molecule has 1 aromatic carbocycles. The van der Waals surface area contributed by atoms with Gasteiger partial charge in [-0.1, -0.05) is 30.3 Å². The zero-order valence-electron chi connectivity index (χ0n) is 10.8. The Morgan fingerprint density at radius 2 is 1.89 bits per heavy atom. The van der Waals surface area contributed by atoms with Gasteiger partial charge in [0.2, 0.25) is 0 Å². The van der Waals surface area contributed by atoms with Crippen molar-refractivity contribution in [3.8, 4) is 0 Å². The van der Waals surface area contributed by atoms with Crippen LogP contribution in [-0.2, 0) is 18.8 Å². The van der Waals surface area contributed by atoms with Gasteiger partial charge >= 0.3 is 0 Å². The van der Waals surface area contributed by atoms with Crippen molar-refractivity contribution >= 4 is 17.4 Å². The lowest BCUT2D eigenvalue weighted by Crippen LogP contribution is -2.23. The first-order valence-corrected chi connectivity index (χ1v) is 7.24. The number of nitrogens with zero attached hydrogens (tertiary/aromatic N) is 2. The van der Waals surface area contributed by atoms with Crippen LogP contribution in [0.1, 0.15) is 23.2 Å². The van der Waals surface area contributed by atoms with Crippen LogP contribution < -0.4 is 4.90 Å². The van der Waals surface area contributed by atoms with Gasteiger partial charge in [0.05, 0.1) is 11.6 Å². The van der Waals surface area contributed by atoms with Gasteiger partial charge in [0, 0.05) is 13.1 Å². The van der Waals surface area contributed by atoms with Crippen LogP contribution in [0, 0.1) is 0 Å². The molecule has 1 aliphatic rings. The van der Waals surface area contributed by atoms with Gasteiger partial charge in [0.25, 0.3) is 0 Å². The zero-order valence-corrected chi connectivity index (χ0v) is 11.6. The Labute approximate surface area is 119 Å². The largest absolute Gasteiger partial charge is 0.352 e. The number of pyridine rings is 1. The van der Waals surface area contributed by atoms with Crippen LogP contribution in [0.4, 0.5) is 5.82 Å². The van der Waals surface area contributed by atoms with Crippen LogP contribution in [0.2, 0.25) is 0 Å². The van der Waals surface area contributed by atoms with Crippen LogP contribution >= 0.6 is 11.6 Å². The first-order valence-electron chi connectivity index (χ1n) is 6.70. The Hall–Kier alpha value is -1.54. The summed E-state index contributed by atoms with van der Waals surface area (Å²) in [5.41, 5.74) is 3.83. The van der Waals surface area contributed by atoms with Crippen molar-refractivity contribution in [1.29, 1.82) is 0 Å². The Morgan fingerprint density at radius 1 is 1.05 bits per heavy atom. The van der Waals surface area contributed by atoms with Crippen LogP contribution in [0.25, 0.3) is 0 Å². The summed E-state index contributed by atoms with van der Waals surface area (Å²) in [4.78, 5) is 6.97. The molecule has 0 spiro atoms. The molecule has 0 saturated heterocycles. The molecule has 19 heavy (non-hydrogen) atoms. The highest BCUT2D eigenvalue weighted by Gasteiger charge is 2.15. The smallest absolute Gasteiger partial charge is 0.129 e. The predicted molar refractivity (Wildman–Crippen MR) is 79.6 cm³/mol. The number of rotatable bonds is 2. The van der Waals surface area contributed by atoms with E-state index in [1.54, 1.807) is 0 Å². The summed E-state index contributed by atoms with van der Waals surface area (Å²) in [5.74, 6) is 1.51. The molecule has 0 bridgehead atoms. The van der Waals surface area contributed by atoms with Crippen LogP contribution in [0.15, 0.2) is 42.5 Å². The second-order valence-electron chi connectivity index (χ2n) is 4.91. The average molecular weight is 273 g/mol. The van der Waals surface area contributed by atoms with E-state index in [1.807, 2.05) is 12.1 Å². The summed E-state index contributed by atoms with van der Waals surface area (Å²) in [6, 6.07) is 14.8. The van der Waals surface area contributed by atoms with E-state index in [0.717, 1.165) is 31.0 Å². The van der Waals surface area contributed by atoms with Gasteiger partial charge in [-0.05, 0) is 36.1 Å². The lowest BCUT2D eigenvalue weighted by atomic mass is 10.0. The molecule has 98 valence electrons. The van der Waals surface area contributed by atoms with Crippen molar-refractivity contribution in [3.05, 3.63) is 59.3 Å². The lowest BCUT2D eigenvalue weighted by molar-refractivity contribution is 0.753. The minimum atomic E-state index is 0.471. The Bertz CT molecular complexity index is 568. The van der Waals surface area contributed by atoms with Gasteiger partial charge in [-0.15, -0.1) is 11.6 Å². The second-order valence-corrected chi connectivity index (χ2v) is 5.18. The summed E-state index contributed by atoms with van der Waals surface area (Å²) in [6.45, 7) is 1.99. The number of aryl methyl sites for hydroxylation is 1. The average Bonchev–Trinajstić information content (AvgIpc) is 2.69. The number of alkyl halides is 1. The van der Waals surface area contributed by atoms with E-state index in [4.69, 9.17) is 11.6 Å². The van der Waals surface area contributed by atoms with Crippen molar-refractivity contribution in [1.82, 2.24) is 4.98 Å². The fourth-order valence-corrected chi connectivity index (χ4v) is 2.76. The van der Waals surface area contributed by atoms with Crippen molar-refractivity contribution in [3.63, 3.8) is 0 Å². The molecule has 2 aromatic rings. The number of anilines is 1. The van der Waals surface area contributed by atoms with Gasteiger partial charge in [-0.3, -0.25) is 0 Å². The first kappa shape index (κ1) is 12.5. The summed E-state index contributed by atoms with van der Waals surface area (Å²) in [5, 5.41) is 0. The topological polar surface area (TPSA) is 16.1 Å². The Morgan fingerprint density at radius 3 is 2.74 bits per heavy atom. The van der Waals surface area contributed by atoms with Crippen LogP contribution in [-0.4, -0.2) is 11.5 Å². The Balaban J connectivity index is 1.89. The van der Waals surface area contributed by atoms with Gasteiger partial charge in [0.15, 0.2) is 0 Å². The van der Waals surface area contributed by atoms with E-state index >= 15 is 0 Å². The van der Waals surface area contributed by atoms with Crippen LogP contribution in [0.3, 0.4) is 0 Å². The molecule has 3 heteroatoms. The molecule has 0 unspecified atom stereocenters. The van der Waals surface area contributed by atoms with Crippen molar-refractivity contribution < 1.29 is 0 Å². The predicted octanol–water partition coefficient (Wildman–Crippen LogP) is 3.77. The highest BCUT2D eigenvalue weighted by molar-refractivity contribution is 6.16. The van der Waals surface area contributed by atoms with Gasteiger partial charge in [-0.2, -0.15) is 0 Å². The van der Waals surface area contributed by atoms with Crippen LogP contribution in [0.5, 0.6) is 0 Å². The lowest BCUT2D eigenvalue weighted by Gasteiger charge is -2.22. The molecule has 1 aromatic heterocycles. The van der Waals surface area contributed by atoms with E-state index in [9.17, 15) is 0 Å². The second kappa shape index (κ2) is 5.62. The monoisotopic (exact) mass is 272 g/mol. The molecule has 0 amide bonds. The molecule has 0 N–H and O–H groups in total. The number of halogens is 1. The highest BCUT2D eigenvalue weighted by Crippen LogP contribution is 2.22. The van der Waals surface area contributed by atoms with Crippen molar-refractivity contribution in [2.75, 3.05) is 11.4 Å². The molecule has 2 nitrogen and oxygen atoms in total. The third-order valence-corrected chi connectivity index (χ3v) is 3.88. The number of fused-ring (bicyclic) bond motifs is 1. The fraction of sp³-hybridized carbons (Fsp3) is 0.312. The molecule has 0 radical (unpaired) electrons. The maximum absolute atomic E-state index is 5.87. The molecule has 2 heterocycles. The zero-order chi connectivity index (χ0) is 13.1. The van der Waals surface area contributed by atoms with Crippen molar-refractivity contribution in [2.45, 2.75) is 25.3 Å². The number of benzene rings is 1. The molecule has 3 rings (SSSR count). The van der Waals surface area contributed by atoms with Gasteiger partial charge in [-0.25, -0.2) is 4.98 Å². The standard InChI is InChI=1S/C16H17ClN2/c17-11-15-8-3-9-16(18-15)19-10-4-7-13-5-1-2-6-14(13)12-19/h1-3,5-6,8-9H,4,7,10-12H2. The molecule has 0 fully saturated rings. The maximum atomic E-state index is 5.87.